The van der Waals surface area contributed by atoms with Crippen LogP contribution in [0.5, 0.6) is 0 Å². The zero-order valence-corrected chi connectivity index (χ0v) is 14.5. The van der Waals surface area contributed by atoms with Gasteiger partial charge in [-0.3, -0.25) is 4.79 Å². The van der Waals surface area contributed by atoms with Crippen molar-refractivity contribution in [3.8, 4) is 0 Å². The van der Waals surface area contributed by atoms with E-state index >= 15 is 0 Å². The van der Waals surface area contributed by atoms with Crippen LogP contribution in [0.25, 0.3) is 0 Å². The van der Waals surface area contributed by atoms with E-state index in [1.807, 2.05) is 24.8 Å². The molecule has 1 aliphatic heterocycles. The SMILES string of the molecule is CCOC1CC(O)C12CCN(C(=O)c1ccc(Cl)c(C)c1)CC2. The van der Waals surface area contributed by atoms with Crippen molar-refractivity contribution >= 4 is 17.5 Å². The van der Waals surface area contributed by atoms with Crippen LogP contribution >= 0.6 is 11.6 Å². The van der Waals surface area contributed by atoms with Gasteiger partial charge in [0.05, 0.1) is 12.2 Å². The molecule has 1 aromatic carbocycles. The van der Waals surface area contributed by atoms with E-state index in [0.717, 1.165) is 24.8 Å². The molecule has 1 spiro atoms. The summed E-state index contributed by atoms with van der Waals surface area (Å²) in [7, 11) is 0. The van der Waals surface area contributed by atoms with E-state index in [2.05, 4.69) is 0 Å². The molecule has 5 heteroatoms. The van der Waals surface area contributed by atoms with Crippen LogP contribution in [0.15, 0.2) is 18.2 Å². The Morgan fingerprint density at radius 2 is 2.13 bits per heavy atom. The molecule has 1 aromatic rings. The molecule has 2 fully saturated rings. The minimum atomic E-state index is -0.297. The van der Waals surface area contributed by atoms with Crippen molar-refractivity contribution in [2.45, 2.75) is 45.3 Å². The molecule has 4 nitrogen and oxygen atoms in total. The fourth-order valence-corrected chi connectivity index (χ4v) is 4.02. The zero-order chi connectivity index (χ0) is 16.6. The van der Waals surface area contributed by atoms with Gasteiger partial charge in [-0.1, -0.05) is 11.6 Å². The van der Waals surface area contributed by atoms with Crippen molar-refractivity contribution < 1.29 is 14.6 Å². The number of carbonyl (C=O) groups excluding carboxylic acids is 1. The Hall–Kier alpha value is -1.10. The van der Waals surface area contributed by atoms with Crippen molar-refractivity contribution in [2.75, 3.05) is 19.7 Å². The molecule has 0 radical (unpaired) electrons. The first-order valence-corrected chi connectivity index (χ1v) is 8.71. The molecule has 3 rings (SSSR count). The van der Waals surface area contributed by atoms with Crippen LogP contribution in [0.4, 0.5) is 0 Å². The third kappa shape index (κ3) is 2.88. The lowest BCUT2D eigenvalue weighted by Gasteiger charge is -2.56. The molecule has 2 aliphatic rings. The number of likely N-dealkylation sites (tertiary alicyclic amines) is 1. The maximum absolute atomic E-state index is 12.7. The first kappa shape index (κ1) is 16.7. The van der Waals surface area contributed by atoms with Gasteiger partial charge in [-0.25, -0.2) is 0 Å². The largest absolute Gasteiger partial charge is 0.392 e. The molecule has 126 valence electrons. The highest BCUT2D eigenvalue weighted by Gasteiger charge is 2.56. The number of benzene rings is 1. The fourth-order valence-electron chi connectivity index (χ4n) is 3.90. The van der Waals surface area contributed by atoms with Crippen LogP contribution in [0.1, 0.15) is 42.1 Å². The van der Waals surface area contributed by atoms with Crippen molar-refractivity contribution in [2.24, 2.45) is 5.41 Å². The number of carbonyl (C=O) groups is 1. The Labute approximate surface area is 142 Å². The van der Waals surface area contributed by atoms with Crippen molar-refractivity contribution in [3.63, 3.8) is 0 Å². The van der Waals surface area contributed by atoms with Gasteiger partial charge < -0.3 is 14.7 Å². The molecule has 2 unspecified atom stereocenters. The number of rotatable bonds is 3. The predicted molar refractivity (Wildman–Crippen MR) is 89.8 cm³/mol. The number of nitrogens with zero attached hydrogens (tertiary/aromatic N) is 1. The second-order valence-electron chi connectivity index (χ2n) is 6.68. The van der Waals surface area contributed by atoms with Crippen molar-refractivity contribution in [1.82, 2.24) is 4.90 Å². The monoisotopic (exact) mass is 337 g/mol. The van der Waals surface area contributed by atoms with E-state index in [-0.39, 0.29) is 23.5 Å². The summed E-state index contributed by atoms with van der Waals surface area (Å²) in [6.07, 6.45) is 2.17. The lowest BCUT2D eigenvalue weighted by atomic mass is 9.58. The summed E-state index contributed by atoms with van der Waals surface area (Å²) in [6.45, 7) is 5.90. The minimum absolute atomic E-state index is 0.0430. The number of aliphatic hydroxyl groups is 1. The first-order valence-electron chi connectivity index (χ1n) is 8.33. The van der Waals surface area contributed by atoms with E-state index < -0.39 is 0 Å². The van der Waals surface area contributed by atoms with Crippen molar-refractivity contribution in [3.05, 3.63) is 34.3 Å². The van der Waals surface area contributed by atoms with Gasteiger partial charge in [0.25, 0.3) is 5.91 Å². The molecule has 1 saturated carbocycles. The van der Waals surface area contributed by atoms with Crippen LogP contribution in [-0.4, -0.2) is 47.8 Å². The Morgan fingerprint density at radius 1 is 1.43 bits per heavy atom. The average Bonchev–Trinajstić information content (AvgIpc) is 2.57. The number of ether oxygens (including phenoxy) is 1. The van der Waals surface area contributed by atoms with Crippen LogP contribution in [0.2, 0.25) is 5.02 Å². The fraction of sp³-hybridized carbons (Fsp3) is 0.611. The molecule has 0 bridgehead atoms. The number of aryl methyl sites for hydroxylation is 1. The van der Waals surface area contributed by atoms with E-state index in [9.17, 15) is 9.90 Å². The van der Waals surface area contributed by atoms with Gasteiger partial charge in [-0.15, -0.1) is 0 Å². The Balaban J connectivity index is 1.66. The molecule has 1 N–H and O–H groups in total. The van der Waals surface area contributed by atoms with E-state index in [1.165, 1.54) is 0 Å². The summed E-state index contributed by atoms with van der Waals surface area (Å²) in [6, 6.07) is 5.40. The highest BCUT2D eigenvalue weighted by molar-refractivity contribution is 6.31. The summed E-state index contributed by atoms with van der Waals surface area (Å²) in [4.78, 5) is 14.5. The lowest BCUT2D eigenvalue weighted by molar-refractivity contribution is -0.207. The maximum Gasteiger partial charge on any atom is 0.253 e. The van der Waals surface area contributed by atoms with E-state index in [1.54, 1.807) is 12.1 Å². The van der Waals surface area contributed by atoms with Gasteiger partial charge in [-0.2, -0.15) is 0 Å². The number of aliphatic hydroxyl groups excluding tert-OH is 1. The quantitative estimate of drug-likeness (QED) is 0.922. The highest BCUT2D eigenvalue weighted by Crippen LogP contribution is 2.51. The molecular weight excluding hydrogens is 314 g/mol. The summed E-state index contributed by atoms with van der Waals surface area (Å²) in [5.74, 6) is 0.0430. The molecule has 2 atom stereocenters. The average molecular weight is 338 g/mol. The Kier molecular flexibility index (Phi) is 4.68. The number of hydrogen-bond donors (Lipinski definition) is 1. The second kappa shape index (κ2) is 6.42. The normalized spacial score (nSPS) is 26.2. The molecule has 23 heavy (non-hydrogen) atoms. The molecule has 1 heterocycles. The number of piperidine rings is 1. The van der Waals surface area contributed by atoms with Crippen LogP contribution in [0.3, 0.4) is 0 Å². The zero-order valence-electron chi connectivity index (χ0n) is 13.7. The third-order valence-corrected chi connectivity index (χ3v) is 5.92. The van der Waals surface area contributed by atoms with Crippen LogP contribution in [0, 0.1) is 12.3 Å². The lowest BCUT2D eigenvalue weighted by Crippen LogP contribution is -2.62. The smallest absolute Gasteiger partial charge is 0.253 e. The number of halogens is 1. The molecular formula is C18H24ClNO3. The van der Waals surface area contributed by atoms with Gasteiger partial charge in [0.15, 0.2) is 0 Å². The van der Waals surface area contributed by atoms with Crippen LogP contribution < -0.4 is 0 Å². The second-order valence-corrected chi connectivity index (χ2v) is 7.09. The number of amides is 1. The van der Waals surface area contributed by atoms with E-state index in [4.69, 9.17) is 16.3 Å². The molecule has 1 amide bonds. The Morgan fingerprint density at radius 3 is 2.70 bits per heavy atom. The summed E-state index contributed by atoms with van der Waals surface area (Å²) < 4.78 is 5.77. The summed E-state index contributed by atoms with van der Waals surface area (Å²) in [5.41, 5.74) is 1.44. The minimum Gasteiger partial charge on any atom is -0.392 e. The standard InChI is InChI=1S/C18H24ClNO3/c1-3-23-16-11-15(21)18(16)6-8-20(9-7-18)17(22)13-4-5-14(19)12(2)10-13/h4-5,10,15-16,21H,3,6-9,11H2,1-2H3. The van der Waals surface area contributed by atoms with Gasteiger partial charge in [-0.05, 0) is 50.5 Å². The maximum atomic E-state index is 12.7. The molecule has 0 aromatic heterocycles. The summed E-state index contributed by atoms with van der Waals surface area (Å²) in [5, 5.41) is 10.9. The van der Waals surface area contributed by atoms with Gasteiger partial charge >= 0.3 is 0 Å². The van der Waals surface area contributed by atoms with Crippen molar-refractivity contribution in [1.29, 1.82) is 0 Å². The van der Waals surface area contributed by atoms with Gasteiger partial charge in [0, 0.05) is 42.1 Å². The van der Waals surface area contributed by atoms with E-state index in [0.29, 0.717) is 30.3 Å². The predicted octanol–water partition coefficient (Wildman–Crippen LogP) is 3.04. The van der Waals surface area contributed by atoms with Gasteiger partial charge in [0.2, 0.25) is 0 Å². The van der Waals surface area contributed by atoms with Crippen LogP contribution in [-0.2, 0) is 4.74 Å². The first-order chi connectivity index (χ1) is 11.0. The molecule has 1 aliphatic carbocycles. The number of hydrogen-bond acceptors (Lipinski definition) is 3. The summed E-state index contributed by atoms with van der Waals surface area (Å²) >= 11 is 6.03. The van der Waals surface area contributed by atoms with Gasteiger partial charge in [0.1, 0.15) is 0 Å². The topological polar surface area (TPSA) is 49.8 Å². The Bertz CT molecular complexity index is 594. The highest BCUT2D eigenvalue weighted by atomic mass is 35.5. The third-order valence-electron chi connectivity index (χ3n) is 5.50. The molecule has 1 saturated heterocycles.